The lowest BCUT2D eigenvalue weighted by Crippen LogP contribution is -1.89. The number of fused-ring (bicyclic) bond motifs is 2. The van der Waals surface area contributed by atoms with Crippen LogP contribution in [0.15, 0.2) is 66.7 Å². The molecule has 0 amide bonds. The number of phenols is 2. The number of aromatic hydroxyl groups is 2. The highest BCUT2D eigenvalue weighted by molar-refractivity contribution is 6.10. The van der Waals surface area contributed by atoms with E-state index >= 15 is 0 Å². The van der Waals surface area contributed by atoms with Crippen LogP contribution in [0.2, 0.25) is 0 Å². The molecule has 3 nitrogen and oxygen atoms in total. The molecule has 0 bridgehead atoms. The molecule has 0 saturated heterocycles. The lowest BCUT2D eigenvalue weighted by Gasteiger charge is -2.14. The van der Waals surface area contributed by atoms with Gasteiger partial charge in [0.2, 0.25) is 0 Å². The van der Waals surface area contributed by atoms with Crippen LogP contribution in [0, 0.1) is 11.3 Å². The van der Waals surface area contributed by atoms with Crippen molar-refractivity contribution in [3.05, 3.63) is 72.3 Å². The fraction of sp³-hybridized carbons (Fsp3) is 0. The second-order valence-corrected chi connectivity index (χ2v) is 5.66. The van der Waals surface area contributed by atoms with E-state index in [2.05, 4.69) is 6.07 Å². The minimum atomic E-state index is -0.0168. The van der Waals surface area contributed by atoms with E-state index < -0.39 is 0 Å². The van der Waals surface area contributed by atoms with Crippen LogP contribution in [-0.2, 0) is 0 Å². The molecule has 0 radical (unpaired) electrons. The van der Waals surface area contributed by atoms with Crippen LogP contribution >= 0.6 is 0 Å². The molecular weight excluding hydrogens is 298 g/mol. The minimum absolute atomic E-state index is 0.0168. The van der Waals surface area contributed by atoms with Crippen molar-refractivity contribution in [3.63, 3.8) is 0 Å². The Labute approximate surface area is 138 Å². The molecule has 0 fully saturated rings. The van der Waals surface area contributed by atoms with E-state index in [0.29, 0.717) is 16.7 Å². The van der Waals surface area contributed by atoms with Crippen molar-refractivity contribution in [2.45, 2.75) is 0 Å². The highest BCUT2D eigenvalue weighted by Crippen LogP contribution is 2.45. The summed E-state index contributed by atoms with van der Waals surface area (Å²) in [5.41, 5.74) is 1.52. The molecule has 24 heavy (non-hydrogen) atoms. The number of nitrogens with zero attached hydrogens (tertiary/aromatic N) is 1. The van der Waals surface area contributed by atoms with Gasteiger partial charge >= 0.3 is 0 Å². The van der Waals surface area contributed by atoms with E-state index in [9.17, 15) is 15.5 Å². The van der Waals surface area contributed by atoms with Gasteiger partial charge in [0.15, 0.2) is 0 Å². The van der Waals surface area contributed by atoms with Gasteiger partial charge in [-0.2, -0.15) is 5.26 Å². The third-order valence-electron chi connectivity index (χ3n) is 4.30. The first-order valence-electron chi connectivity index (χ1n) is 7.56. The van der Waals surface area contributed by atoms with Gasteiger partial charge in [0.05, 0.1) is 11.6 Å². The summed E-state index contributed by atoms with van der Waals surface area (Å²) in [5, 5.41) is 33.7. The van der Waals surface area contributed by atoms with Gasteiger partial charge in [-0.15, -0.1) is 0 Å². The molecule has 0 saturated carbocycles. The van der Waals surface area contributed by atoms with E-state index in [4.69, 9.17) is 0 Å². The number of benzene rings is 4. The first-order chi connectivity index (χ1) is 11.7. The maximum absolute atomic E-state index is 10.6. The molecule has 4 aromatic rings. The Balaban J connectivity index is 2.22. The SMILES string of the molecule is N#Cc1cc(O)c(-c2c(O)ccc3ccccc23)c2ccccc12. The first-order valence-corrected chi connectivity index (χ1v) is 7.56. The van der Waals surface area contributed by atoms with E-state index in [-0.39, 0.29) is 11.5 Å². The van der Waals surface area contributed by atoms with Crippen LogP contribution in [0.3, 0.4) is 0 Å². The molecule has 3 heteroatoms. The summed E-state index contributed by atoms with van der Waals surface area (Å²) in [6.07, 6.45) is 0. The van der Waals surface area contributed by atoms with Crippen molar-refractivity contribution in [2.75, 3.05) is 0 Å². The normalized spacial score (nSPS) is 10.8. The van der Waals surface area contributed by atoms with Crippen molar-refractivity contribution in [1.82, 2.24) is 0 Å². The second-order valence-electron chi connectivity index (χ2n) is 5.66. The van der Waals surface area contributed by atoms with Crippen LogP contribution in [0.5, 0.6) is 11.5 Å². The van der Waals surface area contributed by atoms with Gasteiger partial charge < -0.3 is 10.2 Å². The maximum Gasteiger partial charge on any atom is 0.125 e. The van der Waals surface area contributed by atoms with Crippen molar-refractivity contribution >= 4 is 21.5 Å². The molecule has 4 rings (SSSR count). The zero-order chi connectivity index (χ0) is 16.7. The zero-order valence-electron chi connectivity index (χ0n) is 12.7. The molecule has 0 aliphatic rings. The van der Waals surface area contributed by atoms with Gasteiger partial charge in [-0.3, -0.25) is 0 Å². The average Bonchev–Trinajstić information content (AvgIpc) is 2.62. The molecule has 2 N–H and O–H groups in total. The number of hydrogen-bond donors (Lipinski definition) is 2. The first kappa shape index (κ1) is 14.1. The average molecular weight is 311 g/mol. The van der Waals surface area contributed by atoms with E-state index in [1.165, 1.54) is 6.07 Å². The monoisotopic (exact) mass is 311 g/mol. The summed E-state index contributed by atoms with van der Waals surface area (Å²) < 4.78 is 0. The largest absolute Gasteiger partial charge is 0.507 e. The molecule has 0 aliphatic heterocycles. The number of hydrogen-bond acceptors (Lipinski definition) is 3. The third-order valence-corrected chi connectivity index (χ3v) is 4.30. The Morgan fingerprint density at radius 3 is 2.04 bits per heavy atom. The molecule has 0 spiro atoms. The van der Waals surface area contributed by atoms with Gasteiger partial charge in [-0.1, -0.05) is 54.6 Å². The Bertz CT molecular complexity index is 1140. The number of rotatable bonds is 1. The Morgan fingerprint density at radius 2 is 1.29 bits per heavy atom. The maximum atomic E-state index is 10.6. The van der Waals surface area contributed by atoms with Gasteiger partial charge in [0.1, 0.15) is 11.5 Å². The molecule has 0 atom stereocenters. The predicted molar refractivity (Wildman–Crippen MR) is 94.9 cm³/mol. The molecule has 0 unspecified atom stereocenters. The fourth-order valence-electron chi connectivity index (χ4n) is 3.24. The number of nitriles is 1. The van der Waals surface area contributed by atoms with Gasteiger partial charge in [-0.05, 0) is 28.3 Å². The van der Waals surface area contributed by atoms with Gasteiger partial charge in [-0.25, -0.2) is 0 Å². The van der Waals surface area contributed by atoms with E-state index in [0.717, 1.165) is 21.5 Å². The Kier molecular flexibility index (Phi) is 3.11. The van der Waals surface area contributed by atoms with Crippen molar-refractivity contribution in [3.8, 4) is 28.7 Å². The van der Waals surface area contributed by atoms with Crippen molar-refractivity contribution < 1.29 is 10.2 Å². The molecular formula is C21H13NO2. The summed E-state index contributed by atoms with van der Waals surface area (Å²) >= 11 is 0. The molecule has 0 aliphatic carbocycles. The molecule has 4 aromatic carbocycles. The standard InChI is InChI=1S/C21H13NO2/c22-12-14-11-19(24)21(17-8-4-3-6-15(14)17)20-16-7-2-1-5-13(16)9-10-18(20)23/h1-11,23-24H. The van der Waals surface area contributed by atoms with Gasteiger partial charge in [0.25, 0.3) is 0 Å². The van der Waals surface area contributed by atoms with Crippen molar-refractivity contribution in [1.29, 1.82) is 5.26 Å². The third kappa shape index (κ3) is 1.98. The quantitative estimate of drug-likeness (QED) is 0.523. The number of phenolic OH excluding ortho intramolecular Hbond substituents is 2. The fourth-order valence-corrected chi connectivity index (χ4v) is 3.24. The lowest BCUT2D eigenvalue weighted by atomic mass is 9.90. The Morgan fingerprint density at radius 1 is 0.667 bits per heavy atom. The van der Waals surface area contributed by atoms with Crippen LogP contribution in [0.25, 0.3) is 32.7 Å². The van der Waals surface area contributed by atoms with E-state index in [1.807, 2.05) is 54.6 Å². The minimum Gasteiger partial charge on any atom is -0.507 e. The smallest absolute Gasteiger partial charge is 0.125 e. The lowest BCUT2D eigenvalue weighted by molar-refractivity contribution is 0.470. The second kappa shape index (κ2) is 5.29. The van der Waals surface area contributed by atoms with Crippen LogP contribution in [0.4, 0.5) is 0 Å². The topological polar surface area (TPSA) is 64.2 Å². The van der Waals surface area contributed by atoms with Crippen molar-refractivity contribution in [2.24, 2.45) is 0 Å². The highest BCUT2D eigenvalue weighted by Gasteiger charge is 2.18. The van der Waals surface area contributed by atoms with E-state index in [1.54, 1.807) is 6.07 Å². The molecule has 0 aromatic heterocycles. The highest BCUT2D eigenvalue weighted by atomic mass is 16.3. The molecule has 0 heterocycles. The Hall–Kier alpha value is -3.51. The molecule has 114 valence electrons. The summed E-state index contributed by atoms with van der Waals surface area (Å²) in [6, 6.07) is 22.2. The summed E-state index contributed by atoms with van der Waals surface area (Å²) in [7, 11) is 0. The summed E-state index contributed by atoms with van der Waals surface area (Å²) in [5.74, 6) is 0.0794. The van der Waals surface area contributed by atoms with Crippen LogP contribution < -0.4 is 0 Å². The van der Waals surface area contributed by atoms with Crippen LogP contribution in [-0.4, -0.2) is 10.2 Å². The summed E-state index contributed by atoms with van der Waals surface area (Å²) in [6.45, 7) is 0. The zero-order valence-corrected chi connectivity index (χ0v) is 12.7. The predicted octanol–water partition coefficient (Wildman–Crippen LogP) is 4.94. The summed E-state index contributed by atoms with van der Waals surface area (Å²) in [4.78, 5) is 0. The van der Waals surface area contributed by atoms with Crippen LogP contribution in [0.1, 0.15) is 5.56 Å². The van der Waals surface area contributed by atoms with Gasteiger partial charge in [0, 0.05) is 16.5 Å².